The van der Waals surface area contributed by atoms with Crippen LogP contribution >= 0.6 is 23.1 Å². The van der Waals surface area contributed by atoms with Gasteiger partial charge in [-0.1, -0.05) is 41.3 Å². The molecule has 0 saturated heterocycles. The van der Waals surface area contributed by atoms with E-state index in [4.69, 9.17) is 0 Å². The fraction of sp³-hybridized carbons (Fsp3) is 0.250. The molecule has 1 unspecified atom stereocenters. The van der Waals surface area contributed by atoms with Gasteiger partial charge in [0.15, 0.2) is 0 Å². The van der Waals surface area contributed by atoms with E-state index in [1.165, 1.54) is 21.9 Å². The molecule has 0 saturated carbocycles. The highest BCUT2D eigenvalue weighted by Crippen LogP contribution is 2.45. The Labute approximate surface area is 155 Å². The molecule has 1 atom stereocenters. The first-order valence-electron chi connectivity index (χ1n) is 8.54. The van der Waals surface area contributed by atoms with Gasteiger partial charge in [-0.3, -0.25) is 4.79 Å². The molecular weight excluding hydrogens is 348 g/mol. The Balaban J connectivity index is 1.71. The molecule has 0 aliphatic carbocycles. The van der Waals surface area contributed by atoms with Crippen molar-refractivity contribution in [2.45, 2.75) is 24.1 Å². The number of para-hydroxylation sites is 1. The zero-order valence-electron chi connectivity index (χ0n) is 14.3. The number of rotatable bonds is 4. The highest BCUT2D eigenvalue weighted by molar-refractivity contribution is 8.00. The number of hydrogen-bond acceptors (Lipinski definition) is 5. The zero-order valence-corrected chi connectivity index (χ0v) is 15.9. The van der Waals surface area contributed by atoms with Gasteiger partial charge in [0.1, 0.15) is 5.37 Å². The van der Waals surface area contributed by atoms with Crippen molar-refractivity contribution in [3.63, 3.8) is 0 Å². The summed E-state index contributed by atoms with van der Waals surface area (Å²) < 4.78 is 1.20. The molecule has 1 aliphatic rings. The highest BCUT2D eigenvalue weighted by atomic mass is 32.2. The molecule has 1 aliphatic heterocycles. The molecule has 4 rings (SSSR count). The fourth-order valence-electron chi connectivity index (χ4n) is 3.21. The van der Waals surface area contributed by atoms with E-state index < -0.39 is 0 Å². The summed E-state index contributed by atoms with van der Waals surface area (Å²) in [5, 5.41) is 4.59. The average Bonchev–Trinajstić information content (AvgIpc) is 3.06. The van der Waals surface area contributed by atoms with Crippen molar-refractivity contribution in [3.05, 3.63) is 63.6 Å². The van der Waals surface area contributed by atoms with Gasteiger partial charge in [0.25, 0.3) is 0 Å². The summed E-state index contributed by atoms with van der Waals surface area (Å²) in [6.45, 7) is 6.24. The average molecular weight is 369 g/mol. The van der Waals surface area contributed by atoms with E-state index in [-0.39, 0.29) is 10.1 Å². The Morgan fingerprint density at radius 1 is 1.08 bits per heavy atom. The maximum atomic E-state index is 12.7. The number of fused-ring (bicyclic) bond motifs is 2. The van der Waals surface area contributed by atoms with Crippen LogP contribution in [0.15, 0.2) is 58.2 Å². The van der Waals surface area contributed by atoms with E-state index in [1.54, 1.807) is 11.8 Å². The van der Waals surface area contributed by atoms with Crippen LogP contribution in [0.5, 0.6) is 0 Å². The van der Waals surface area contributed by atoms with Crippen LogP contribution in [-0.2, 0) is 0 Å². The van der Waals surface area contributed by atoms with Crippen molar-refractivity contribution in [3.8, 4) is 0 Å². The SMILES string of the molecule is CCN(CC)c1ccc2cc(C3Nc4ccccc4S3)c(=O)sc2c1. The smallest absolute Gasteiger partial charge is 0.239 e. The molecule has 3 aromatic rings. The Hall–Kier alpha value is -1.98. The minimum absolute atomic E-state index is 0.00647. The first-order chi connectivity index (χ1) is 12.2. The minimum Gasteiger partial charge on any atom is -0.372 e. The van der Waals surface area contributed by atoms with Gasteiger partial charge in [-0.15, -0.1) is 0 Å². The Bertz CT molecular complexity index is 954. The monoisotopic (exact) mass is 368 g/mol. The van der Waals surface area contributed by atoms with Crippen molar-refractivity contribution >= 4 is 44.6 Å². The van der Waals surface area contributed by atoms with Crippen molar-refractivity contribution in [1.82, 2.24) is 0 Å². The van der Waals surface area contributed by atoms with Gasteiger partial charge in [0.2, 0.25) is 4.74 Å². The fourth-order valence-corrected chi connectivity index (χ4v) is 5.36. The van der Waals surface area contributed by atoms with Gasteiger partial charge >= 0.3 is 0 Å². The van der Waals surface area contributed by atoms with Crippen LogP contribution in [0, 0.1) is 0 Å². The maximum absolute atomic E-state index is 12.7. The minimum atomic E-state index is -0.00647. The molecular formula is C20H20N2OS2. The lowest BCUT2D eigenvalue weighted by molar-refractivity contribution is 0.867. The van der Waals surface area contributed by atoms with Crippen LogP contribution in [0.1, 0.15) is 24.8 Å². The molecule has 0 spiro atoms. The van der Waals surface area contributed by atoms with Crippen molar-refractivity contribution in [2.75, 3.05) is 23.3 Å². The largest absolute Gasteiger partial charge is 0.372 e. The van der Waals surface area contributed by atoms with Gasteiger partial charge in [0.05, 0.1) is 0 Å². The number of thioether (sulfide) groups is 1. The second-order valence-electron chi connectivity index (χ2n) is 6.02. The molecule has 2 aromatic carbocycles. The molecule has 0 radical (unpaired) electrons. The Morgan fingerprint density at radius 3 is 2.64 bits per heavy atom. The quantitative estimate of drug-likeness (QED) is 0.675. The molecule has 1 aromatic heterocycles. The zero-order chi connectivity index (χ0) is 17.4. The van der Waals surface area contributed by atoms with Crippen LogP contribution in [-0.4, -0.2) is 13.1 Å². The van der Waals surface area contributed by atoms with E-state index in [0.717, 1.165) is 34.4 Å². The molecule has 0 bridgehead atoms. The molecule has 0 fully saturated rings. The van der Waals surface area contributed by atoms with Crippen LogP contribution in [0.2, 0.25) is 0 Å². The van der Waals surface area contributed by atoms with Gasteiger partial charge in [-0.05, 0) is 49.6 Å². The van der Waals surface area contributed by atoms with Gasteiger partial charge in [-0.2, -0.15) is 0 Å². The summed E-state index contributed by atoms with van der Waals surface area (Å²) in [6.07, 6.45) is 0. The van der Waals surface area contributed by atoms with E-state index in [1.807, 2.05) is 12.1 Å². The molecule has 3 nitrogen and oxygen atoms in total. The summed E-state index contributed by atoms with van der Waals surface area (Å²) in [5.41, 5.74) is 3.13. The van der Waals surface area contributed by atoms with Gasteiger partial charge in [0, 0.05) is 39.6 Å². The van der Waals surface area contributed by atoms with E-state index in [2.05, 4.69) is 60.5 Å². The number of anilines is 2. The third-order valence-corrected chi connectivity index (χ3v) is 6.79. The van der Waals surface area contributed by atoms with Crippen LogP contribution in [0.3, 0.4) is 0 Å². The second kappa shape index (κ2) is 6.73. The molecule has 2 heterocycles. The lowest BCUT2D eigenvalue weighted by Gasteiger charge is -2.21. The van der Waals surface area contributed by atoms with E-state index in [0.29, 0.717) is 0 Å². The number of hydrogen-bond donors (Lipinski definition) is 1. The van der Waals surface area contributed by atoms with Crippen LogP contribution in [0.4, 0.5) is 11.4 Å². The molecule has 0 amide bonds. The molecule has 128 valence electrons. The van der Waals surface area contributed by atoms with Crippen LogP contribution in [0.25, 0.3) is 10.1 Å². The number of nitrogens with zero attached hydrogens (tertiary/aromatic N) is 1. The predicted octanol–water partition coefficient (Wildman–Crippen LogP) is 5.32. The third-order valence-electron chi connectivity index (χ3n) is 4.58. The third kappa shape index (κ3) is 3.02. The van der Waals surface area contributed by atoms with Gasteiger partial charge < -0.3 is 10.2 Å². The summed E-state index contributed by atoms with van der Waals surface area (Å²) in [4.78, 5) is 16.2. The summed E-state index contributed by atoms with van der Waals surface area (Å²) in [5.74, 6) is 0. The van der Waals surface area contributed by atoms with Crippen molar-refractivity contribution in [1.29, 1.82) is 0 Å². The second-order valence-corrected chi connectivity index (χ2v) is 8.18. The lowest BCUT2D eigenvalue weighted by Crippen LogP contribution is -2.21. The molecule has 1 N–H and O–H groups in total. The summed E-state index contributed by atoms with van der Waals surface area (Å²) in [7, 11) is 0. The number of nitrogens with one attached hydrogen (secondary N) is 1. The molecule has 5 heteroatoms. The number of benzene rings is 2. The first-order valence-corrected chi connectivity index (χ1v) is 10.2. The maximum Gasteiger partial charge on any atom is 0.239 e. The summed E-state index contributed by atoms with van der Waals surface area (Å²) in [6, 6.07) is 16.7. The van der Waals surface area contributed by atoms with Crippen molar-refractivity contribution in [2.24, 2.45) is 0 Å². The normalized spacial score (nSPS) is 15.8. The lowest BCUT2D eigenvalue weighted by atomic mass is 10.2. The molecule has 25 heavy (non-hydrogen) atoms. The summed E-state index contributed by atoms with van der Waals surface area (Å²) >= 11 is 3.07. The first kappa shape index (κ1) is 16.5. The van der Waals surface area contributed by atoms with Gasteiger partial charge in [-0.25, -0.2) is 0 Å². The van der Waals surface area contributed by atoms with E-state index >= 15 is 0 Å². The highest BCUT2D eigenvalue weighted by Gasteiger charge is 2.25. The topological polar surface area (TPSA) is 32.3 Å². The predicted molar refractivity (Wildman–Crippen MR) is 110 cm³/mol. The van der Waals surface area contributed by atoms with Crippen molar-refractivity contribution < 1.29 is 0 Å². The Morgan fingerprint density at radius 2 is 1.88 bits per heavy atom. The standard InChI is InChI=1S/C20H20N2OS2/c1-3-22(4-2)14-10-9-13-11-15(20(23)25-18(13)12-14)19-21-16-7-5-6-8-17(16)24-19/h5-12,19,21H,3-4H2,1-2H3. The Kier molecular flexibility index (Phi) is 4.44. The van der Waals surface area contributed by atoms with Crippen LogP contribution < -0.4 is 15.0 Å². The van der Waals surface area contributed by atoms with E-state index in [9.17, 15) is 4.79 Å².